The highest BCUT2D eigenvalue weighted by atomic mass is 19.2. The molecule has 2 nitrogen and oxygen atoms in total. The Morgan fingerprint density at radius 2 is 1.22 bits per heavy atom. The first-order valence-corrected chi connectivity index (χ1v) is 6.93. The second kappa shape index (κ2) is 7.57. The summed E-state index contributed by atoms with van der Waals surface area (Å²) >= 11 is 0. The van der Waals surface area contributed by atoms with Gasteiger partial charge >= 0.3 is 0 Å². The van der Waals surface area contributed by atoms with Crippen molar-refractivity contribution >= 4 is 0 Å². The van der Waals surface area contributed by atoms with Crippen LogP contribution >= 0.6 is 0 Å². The Labute approximate surface area is 131 Å². The minimum Gasteiger partial charge on any atom is -0.384 e. The third-order valence-electron chi connectivity index (χ3n) is 3.49. The van der Waals surface area contributed by atoms with Gasteiger partial charge in [0, 0.05) is 30.9 Å². The predicted molar refractivity (Wildman–Crippen MR) is 78.0 cm³/mol. The molecule has 0 saturated carbocycles. The van der Waals surface area contributed by atoms with Crippen molar-refractivity contribution in [1.82, 2.24) is 0 Å². The Balaban J connectivity index is 2.47. The van der Waals surface area contributed by atoms with E-state index in [4.69, 9.17) is 9.47 Å². The lowest BCUT2D eigenvalue weighted by molar-refractivity contribution is 0.180. The summed E-state index contributed by atoms with van der Waals surface area (Å²) in [6.07, 6.45) is 0.184. The molecule has 0 aliphatic rings. The Morgan fingerprint density at radius 1 is 0.696 bits per heavy atom. The molecule has 0 saturated heterocycles. The van der Waals surface area contributed by atoms with E-state index in [0.29, 0.717) is 0 Å². The van der Waals surface area contributed by atoms with Crippen molar-refractivity contribution in [3.8, 4) is 11.1 Å². The molecule has 0 bridgehead atoms. The maximum atomic E-state index is 14.2. The molecule has 0 atom stereocenters. The molecule has 2 aromatic rings. The van der Waals surface area contributed by atoms with Gasteiger partial charge in [0.25, 0.3) is 0 Å². The van der Waals surface area contributed by atoms with Crippen LogP contribution in [0.15, 0.2) is 24.3 Å². The minimum absolute atomic E-state index is 0.00587. The van der Waals surface area contributed by atoms with E-state index in [0.717, 1.165) is 0 Å². The molecule has 2 rings (SSSR count). The van der Waals surface area contributed by atoms with E-state index in [1.165, 1.54) is 38.5 Å². The van der Waals surface area contributed by atoms with Gasteiger partial charge in [0.15, 0.2) is 23.3 Å². The molecular weight excluding hydrogens is 312 g/mol. The van der Waals surface area contributed by atoms with E-state index in [1.54, 1.807) is 0 Å². The Kier molecular flexibility index (Phi) is 5.74. The number of hydrogen-bond donors (Lipinski definition) is 0. The van der Waals surface area contributed by atoms with E-state index >= 15 is 0 Å². The van der Waals surface area contributed by atoms with Gasteiger partial charge in [-0.05, 0) is 12.0 Å². The van der Waals surface area contributed by atoms with Crippen LogP contribution in [0.25, 0.3) is 11.1 Å². The van der Waals surface area contributed by atoms with Gasteiger partial charge < -0.3 is 9.47 Å². The van der Waals surface area contributed by atoms with Crippen molar-refractivity contribution in [2.45, 2.75) is 13.0 Å². The number of halogens is 4. The van der Waals surface area contributed by atoms with Crippen LogP contribution in [0.4, 0.5) is 17.6 Å². The quantitative estimate of drug-likeness (QED) is 0.738. The van der Waals surface area contributed by atoms with Gasteiger partial charge in [-0.25, -0.2) is 17.6 Å². The van der Waals surface area contributed by atoms with E-state index in [9.17, 15) is 17.6 Å². The summed E-state index contributed by atoms with van der Waals surface area (Å²) in [4.78, 5) is 0. The normalized spacial score (nSPS) is 11.0. The fraction of sp³-hybridized carbons (Fsp3) is 0.294. The van der Waals surface area contributed by atoms with Crippen LogP contribution in [0.1, 0.15) is 11.1 Å². The molecule has 23 heavy (non-hydrogen) atoms. The summed E-state index contributed by atoms with van der Waals surface area (Å²) in [5, 5.41) is 0. The zero-order valence-corrected chi connectivity index (χ0v) is 12.8. The molecule has 0 spiro atoms. The average Bonchev–Trinajstić information content (AvgIpc) is 2.54. The van der Waals surface area contributed by atoms with Gasteiger partial charge in [0.2, 0.25) is 0 Å². The van der Waals surface area contributed by atoms with Crippen LogP contribution in [0.3, 0.4) is 0 Å². The van der Waals surface area contributed by atoms with Gasteiger partial charge in [0.1, 0.15) is 0 Å². The van der Waals surface area contributed by atoms with Gasteiger partial charge in [0.05, 0.1) is 13.2 Å². The first-order valence-electron chi connectivity index (χ1n) is 6.93. The predicted octanol–water partition coefficient (Wildman–Crippen LogP) is 4.25. The Hall–Kier alpha value is -1.92. The number of hydrogen-bond acceptors (Lipinski definition) is 2. The monoisotopic (exact) mass is 328 g/mol. The van der Waals surface area contributed by atoms with E-state index in [1.807, 2.05) is 0 Å². The maximum Gasteiger partial charge on any atom is 0.167 e. The summed E-state index contributed by atoms with van der Waals surface area (Å²) in [6.45, 7) is 0.111. The number of methoxy groups -OCH3 is 2. The van der Waals surface area contributed by atoms with Crippen molar-refractivity contribution in [3.63, 3.8) is 0 Å². The molecular formula is C17H16F4O2. The highest BCUT2D eigenvalue weighted by molar-refractivity contribution is 5.66. The van der Waals surface area contributed by atoms with Crippen molar-refractivity contribution in [2.75, 3.05) is 20.8 Å². The highest BCUT2D eigenvalue weighted by Crippen LogP contribution is 2.31. The second-order valence-electron chi connectivity index (χ2n) is 4.98. The van der Waals surface area contributed by atoms with Gasteiger partial charge in [-0.15, -0.1) is 0 Å². The van der Waals surface area contributed by atoms with Crippen LogP contribution in [-0.2, 0) is 22.5 Å². The minimum atomic E-state index is -1.23. The molecule has 2 aromatic carbocycles. The Bertz CT molecular complexity index is 701. The van der Waals surface area contributed by atoms with E-state index in [-0.39, 0.29) is 41.9 Å². The lowest BCUT2D eigenvalue weighted by Crippen LogP contribution is -2.03. The third-order valence-corrected chi connectivity index (χ3v) is 3.49. The molecule has 0 fully saturated rings. The smallest absolute Gasteiger partial charge is 0.167 e. The molecule has 0 unspecified atom stereocenters. The molecule has 0 N–H and O–H groups in total. The first kappa shape index (κ1) is 17.4. The molecule has 124 valence electrons. The van der Waals surface area contributed by atoms with Gasteiger partial charge in [-0.3, -0.25) is 0 Å². The standard InChI is InChI=1S/C17H16F4O2/c1-22-8-7-10-3-5-12(16(20)14(10)18)13-6-4-11(9-23-2)15(19)17(13)21/h3-6H,7-9H2,1-2H3. The van der Waals surface area contributed by atoms with Crippen LogP contribution in [0, 0.1) is 23.3 Å². The van der Waals surface area contributed by atoms with Crippen molar-refractivity contribution in [3.05, 3.63) is 58.7 Å². The molecule has 6 heteroatoms. The topological polar surface area (TPSA) is 18.5 Å². The van der Waals surface area contributed by atoms with Crippen molar-refractivity contribution < 1.29 is 27.0 Å². The molecule has 0 aromatic heterocycles. The van der Waals surface area contributed by atoms with Gasteiger partial charge in [-0.1, -0.05) is 24.3 Å². The molecule has 0 aliphatic carbocycles. The SMILES string of the molecule is COCCc1ccc(-c2ccc(COC)c(F)c2F)c(F)c1F. The summed E-state index contributed by atoms with van der Waals surface area (Å²) in [5.74, 6) is -4.66. The first-order chi connectivity index (χ1) is 11.0. The number of ether oxygens (including phenoxy) is 2. The van der Waals surface area contributed by atoms with Crippen LogP contribution in [0.2, 0.25) is 0 Å². The van der Waals surface area contributed by atoms with E-state index < -0.39 is 23.3 Å². The molecule has 0 radical (unpaired) electrons. The van der Waals surface area contributed by atoms with Crippen LogP contribution < -0.4 is 0 Å². The number of benzene rings is 2. The number of rotatable bonds is 6. The summed E-state index contributed by atoms with van der Waals surface area (Å²) in [7, 11) is 2.79. The van der Waals surface area contributed by atoms with Crippen LogP contribution in [-0.4, -0.2) is 20.8 Å². The summed E-state index contributed by atoms with van der Waals surface area (Å²) in [5.41, 5.74) is -0.544. The lowest BCUT2D eigenvalue weighted by atomic mass is 9.99. The fourth-order valence-corrected chi connectivity index (χ4v) is 2.27. The average molecular weight is 328 g/mol. The zero-order valence-electron chi connectivity index (χ0n) is 12.8. The van der Waals surface area contributed by atoms with Crippen molar-refractivity contribution in [1.29, 1.82) is 0 Å². The third kappa shape index (κ3) is 3.54. The largest absolute Gasteiger partial charge is 0.384 e. The lowest BCUT2D eigenvalue weighted by Gasteiger charge is -2.11. The highest BCUT2D eigenvalue weighted by Gasteiger charge is 2.20. The second-order valence-corrected chi connectivity index (χ2v) is 4.98. The van der Waals surface area contributed by atoms with E-state index in [2.05, 4.69) is 0 Å². The van der Waals surface area contributed by atoms with Crippen LogP contribution in [0.5, 0.6) is 0 Å². The molecule has 0 aliphatic heterocycles. The Morgan fingerprint density at radius 3 is 1.74 bits per heavy atom. The summed E-state index contributed by atoms with van der Waals surface area (Å²) in [6, 6.07) is 5.07. The molecule has 0 heterocycles. The zero-order chi connectivity index (χ0) is 17.0. The summed E-state index contributed by atoms with van der Waals surface area (Å²) < 4.78 is 65.9. The molecule has 0 amide bonds. The fourth-order valence-electron chi connectivity index (χ4n) is 2.27. The van der Waals surface area contributed by atoms with Crippen molar-refractivity contribution in [2.24, 2.45) is 0 Å². The van der Waals surface area contributed by atoms with Gasteiger partial charge in [-0.2, -0.15) is 0 Å². The maximum absolute atomic E-state index is 14.2.